The van der Waals surface area contributed by atoms with E-state index in [1.807, 2.05) is 0 Å². The molecule has 1 aliphatic heterocycles. The molecule has 2 aromatic rings. The number of amides is 2. The third-order valence-electron chi connectivity index (χ3n) is 5.39. The lowest BCUT2D eigenvalue weighted by molar-refractivity contribution is -0.147. The Labute approximate surface area is 183 Å². The number of anilines is 1. The first-order valence-corrected chi connectivity index (χ1v) is 10.2. The van der Waals surface area contributed by atoms with Crippen LogP contribution in [0.2, 0.25) is 5.02 Å². The van der Waals surface area contributed by atoms with E-state index in [2.05, 4.69) is 4.98 Å². The van der Waals surface area contributed by atoms with Crippen LogP contribution in [0.25, 0.3) is 0 Å². The molecule has 31 heavy (non-hydrogen) atoms. The summed E-state index contributed by atoms with van der Waals surface area (Å²) in [5.74, 6) is -5.17. The molecule has 1 unspecified atom stereocenters. The quantitative estimate of drug-likeness (QED) is 0.644. The van der Waals surface area contributed by atoms with Crippen molar-refractivity contribution in [3.63, 3.8) is 0 Å². The molecule has 0 spiro atoms. The fraction of sp³-hybridized carbons (Fsp3) is 0.409. The normalized spacial score (nSPS) is 18.7. The Kier molecular flexibility index (Phi) is 6.32. The molecule has 1 fully saturated rings. The summed E-state index contributed by atoms with van der Waals surface area (Å²) in [7, 11) is 0. The van der Waals surface area contributed by atoms with Gasteiger partial charge in [-0.15, -0.1) is 0 Å². The zero-order valence-electron chi connectivity index (χ0n) is 17.6. The second-order valence-electron chi connectivity index (χ2n) is 8.06. The fourth-order valence-electron chi connectivity index (χ4n) is 3.79. The number of rotatable bonds is 5. The Bertz CT molecular complexity index is 992. The average molecular weight is 454 g/mol. The van der Waals surface area contributed by atoms with Crippen molar-refractivity contribution in [2.45, 2.75) is 45.7 Å². The summed E-state index contributed by atoms with van der Waals surface area (Å²) >= 11 is 5.74. The molecule has 5 nitrogen and oxygen atoms in total. The third kappa shape index (κ3) is 4.54. The first-order valence-electron chi connectivity index (χ1n) is 9.83. The molecule has 9 heteroatoms. The second kappa shape index (κ2) is 8.49. The monoisotopic (exact) mass is 453 g/mol. The molecule has 0 bridgehead atoms. The summed E-state index contributed by atoms with van der Waals surface area (Å²) in [6.45, 7) is 5.72. The molecule has 0 aliphatic carbocycles. The van der Waals surface area contributed by atoms with Crippen molar-refractivity contribution in [3.8, 4) is 0 Å². The highest BCUT2D eigenvalue weighted by Crippen LogP contribution is 2.34. The fourth-order valence-corrected chi connectivity index (χ4v) is 3.94. The van der Waals surface area contributed by atoms with Crippen molar-refractivity contribution >= 4 is 29.2 Å². The van der Waals surface area contributed by atoms with Crippen LogP contribution in [-0.2, 0) is 15.5 Å². The van der Waals surface area contributed by atoms with Crippen LogP contribution >= 0.6 is 11.6 Å². The molecule has 1 saturated heterocycles. The lowest BCUT2D eigenvalue weighted by Gasteiger charge is -2.44. The average Bonchev–Trinajstić information content (AvgIpc) is 2.68. The van der Waals surface area contributed by atoms with Crippen LogP contribution < -0.4 is 4.90 Å². The van der Waals surface area contributed by atoms with Crippen molar-refractivity contribution in [1.29, 1.82) is 0 Å². The van der Waals surface area contributed by atoms with Gasteiger partial charge in [-0.1, -0.05) is 49.7 Å². The van der Waals surface area contributed by atoms with Gasteiger partial charge in [0, 0.05) is 18.7 Å². The van der Waals surface area contributed by atoms with Gasteiger partial charge in [-0.2, -0.15) is 0 Å². The highest BCUT2D eigenvalue weighted by atomic mass is 35.5. The molecule has 1 aromatic carbocycles. The summed E-state index contributed by atoms with van der Waals surface area (Å²) in [6.07, 6.45) is 1.21. The van der Waals surface area contributed by atoms with E-state index >= 15 is 0 Å². The first kappa shape index (κ1) is 23.1. The first-order chi connectivity index (χ1) is 14.4. The largest absolute Gasteiger partial charge is 0.322 e. The molecular formula is C22H23ClF3N3O2. The molecule has 1 aromatic heterocycles. The van der Waals surface area contributed by atoms with Crippen molar-refractivity contribution < 1.29 is 22.8 Å². The lowest BCUT2D eigenvalue weighted by atomic mass is 9.93. The molecule has 0 saturated carbocycles. The Hall–Kier alpha value is -2.61. The molecule has 2 heterocycles. The summed E-state index contributed by atoms with van der Waals surface area (Å²) < 4.78 is 41.4. The van der Waals surface area contributed by atoms with E-state index in [9.17, 15) is 22.8 Å². The third-order valence-corrected chi connectivity index (χ3v) is 5.60. The number of benzene rings is 1. The predicted molar refractivity (Wildman–Crippen MR) is 111 cm³/mol. The molecular weight excluding hydrogens is 431 g/mol. The molecule has 2 amide bonds. The Morgan fingerprint density at radius 2 is 1.77 bits per heavy atom. The van der Waals surface area contributed by atoms with E-state index in [1.165, 1.54) is 35.4 Å². The molecule has 0 radical (unpaired) electrons. The van der Waals surface area contributed by atoms with Crippen molar-refractivity contribution in [2.24, 2.45) is 5.92 Å². The Balaban J connectivity index is 1.94. The molecule has 0 N–H and O–H groups in total. The highest BCUT2D eigenvalue weighted by molar-refractivity contribution is 6.30. The lowest BCUT2D eigenvalue weighted by Crippen LogP contribution is -2.62. The predicted octanol–water partition coefficient (Wildman–Crippen LogP) is 4.95. The van der Waals surface area contributed by atoms with Gasteiger partial charge in [0.1, 0.15) is 12.6 Å². The molecule has 2 atom stereocenters. The van der Waals surface area contributed by atoms with Crippen molar-refractivity contribution in [3.05, 3.63) is 58.5 Å². The minimum absolute atomic E-state index is 0.0776. The maximum Gasteiger partial charge on any atom is 0.270 e. The van der Waals surface area contributed by atoms with Gasteiger partial charge in [-0.3, -0.25) is 14.5 Å². The number of alkyl halides is 2. The van der Waals surface area contributed by atoms with E-state index in [0.717, 1.165) is 17.9 Å². The number of nitrogens with zero attached hydrogens (tertiary/aromatic N) is 3. The van der Waals surface area contributed by atoms with E-state index < -0.39 is 35.6 Å². The maximum absolute atomic E-state index is 14.4. The summed E-state index contributed by atoms with van der Waals surface area (Å²) in [4.78, 5) is 32.7. The minimum atomic E-state index is -2.98. The topological polar surface area (TPSA) is 53.5 Å². The van der Waals surface area contributed by atoms with Gasteiger partial charge < -0.3 is 4.90 Å². The number of halogens is 4. The number of aromatic nitrogens is 1. The summed E-state index contributed by atoms with van der Waals surface area (Å²) in [6, 6.07) is 5.29. The maximum atomic E-state index is 14.4. The number of piperazine rings is 1. The number of hydrogen-bond acceptors (Lipinski definition) is 3. The zero-order chi connectivity index (χ0) is 23.1. The van der Waals surface area contributed by atoms with Gasteiger partial charge in [-0.05, 0) is 24.5 Å². The van der Waals surface area contributed by atoms with E-state index in [4.69, 9.17) is 11.6 Å². The van der Waals surface area contributed by atoms with Crippen LogP contribution in [0.3, 0.4) is 0 Å². The van der Waals surface area contributed by atoms with E-state index in [-0.39, 0.29) is 28.9 Å². The molecule has 166 valence electrons. The van der Waals surface area contributed by atoms with Gasteiger partial charge in [0.15, 0.2) is 11.6 Å². The van der Waals surface area contributed by atoms with Crippen LogP contribution in [0.5, 0.6) is 0 Å². The van der Waals surface area contributed by atoms with E-state index in [0.29, 0.717) is 5.56 Å². The van der Waals surface area contributed by atoms with Crippen LogP contribution in [0.15, 0.2) is 36.5 Å². The number of carbonyl (C=O) groups excluding carboxylic acids is 2. The number of carbonyl (C=O) groups is 2. The van der Waals surface area contributed by atoms with Gasteiger partial charge in [0.25, 0.3) is 11.8 Å². The highest BCUT2D eigenvalue weighted by Gasteiger charge is 2.45. The van der Waals surface area contributed by atoms with Crippen molar-refractivity contribution in [2.75, 3.05) is 11.4 Å². The van der Waals surface area contributed by atoms with Crippen LogP contribution in [-0.4, -0.2) is 34.3 Å². The van der Waals surface area contributed by atoms with Crippen LogP contribution in [0.1, 0.15) is 44.9 Å². The zero-order valence-corrected chi connectivity index (χ0v) is 18.3. The van der Waals surface area contributed by atoms with E-state index in [1.54, 1.807) is 20.8 Å². The smallest absolute Gasteiger partial charge is 0.270 e. The standard InChI is InChI=1S/C22H23ClF3N3O2/c1-12(2)19-21(31)28(20-17(24)9-16(23)10-27-20)11-18(30)29(19)13(3)14-5-7-15(8-6-14)22(4,25)26/h5-10,12-13,19H,11H2,1-4H3/t13-,19?/m0/s1. The Morgan fingerprint density at radius 3 is 2.29 bits per heavy atom. The van der Waals surface area contributed by atoms with Crippen LogP contribution in [0.4, 0.5) is 19.0 Å². The van der Waals surface area contributed by atoms with Gasteiger partial charge >= 0.3 is 0 Å². The molecule has 1 aliphatic rings. The van der Waals surface area contributed by atoms with Crippen LogP contribution in [0, 0.1) is 11.7 Å². The SMILES string of the molecule is CC(C)C1C(=O)N(c2ncc(Cl)cc2F)CC(=O)N1[C@@H](C)c1ccc(C(C)(F)F)cc1. The summed E-state index contributed by atoms with van der Waals surface area (Å²) in [5, 5.41) is 0.0776. The summed E-state index contributed by atoms with van der Waals surface area (Å²) in [5.41, 5.74) is 0.476. The van der Waals surface area contributed by atoms with Gasteiger partial charge in [0.05, 0.1) is 11.1 Å². The Morgan fingerprint density at radius 1 is 1.16 bits per heavy atom. The number of hydrogen-bond donors (Lipinski definition) is 0. The van der Waals surface area contributed by atoms with Crippen molar-refractivity contribution in [1.82, 2.24) is 9.88 Å². The molecule has 3 rings (SSSR count). The van der Waals surface area contributed by atoms with Gasteiger partial charge in [-0.25, -0.2) is 18.2 Å². The number of pyridine rings is 1. The minimum Gasteiger partial charge on any atom is -0.322 e. The van der Waals surface area contributed by atoms with Gasteiger partial charge in [0.2, 0.25) is 5.91 Å². The second-order valence-corrected chi connectivity index (χ2v) is 8.50.